The van der Waals surface area contributed by atoms with Gasteiger partial charge >= 0.3 is 5.97 Å². The van der Waals surface area contributed by atoms with Crippen LogP contribution in [0.4, 0.5) is 0 Å². The molecule has 0 radical (unpaired) electrons. The summed E-state index contributed by atoms with van der Waals surface area (Å²) in [5.41, 5.74) is -0.918. The number of carboxylic acids is 1. The van der Waals surface area contributed by atoms with E-state index in [1.54, 1.807) is 26.1 Å². The number of benzene rings is 1. The minimum Gasteiger partial charge on any atom is -0.493 e. The first-order valence-corrected chi connectivity index (χ1v) is 6.50. The van der Waals surface area contributed by atoms with Gasteiger partial charge in [-0.3, -0.25) is 4.79 Å². The zero-order valence-corrected chi connectivity index (χ0v) is 11.6. The van der Waals surface area contributed by atoms with E-state index in [9.17, 15) is 4.79 Å². The highest BCUT2D eigenvalue weighted by Crippen LogP contribution is 2.35. The number of carbonyl (C=O) groups is 1. The molecule has 0 saturated carbocycles. The van der Waals surface area contributed by atoms with Gasteiger partial charge in [0.2, 0.25) is 6.79 Å². The standard InChI is InChI=1S/C14H19NO5/c1-14(15-2,13(16)17)6-3-7-18-10-4-5-11-12(8-10)20-9-19-11/h4-5,8,15H,3,6-7,9H2,1-2H3,(H,16,17). The Kier molecular flexibility index (Phi) is 4.34. The number of fused-ring (bicyclic) bond motifs is 1. The number of ether oxygens (including phenoxy) is 3. The summed E-state index contributed by atoms with van der Waals surface area (Å²) in [6.07, 6.45) is 1.13. The van der Waals surface area contributed by atoms with Crippen LogP contribution in [0.3, 0.4) is 0 Å². The molecule has 1 aromatic carbocycles. The number of carboxylic acid groups (broad SMARTS) is 1. The lowest BCUT2D eigenvalue weighted by atomic mass is 9.96. The van der Waals surface area contributed by atoms with E-state index in [-0.39, 0.29) is 6.79 Å². The predicted octanol–water partition coefficient (Wildman–Crippen LogP) is 1.64. The van der Waals surface area contributed by atoms with Crippen molar-refractivity contribution in [1.82, 2.24) is 5.32 Å². The zero-order chi connectivity index (χ0) is 14.6. The van der Waals surface area contributed by atoms with Crippen LogP contribution in [0.1, 0.15) is 19.8 Å². The van der Waals surface area contributed by atoms with E-state index < -0.39 is 11.5 Å². The van der Waals surface area contributed by atoms with Crippen molar-refractivity contribution in [3.8, 4) is 17.2 Å². The van der Waals surface area contributed by atoms with Crippen LogP contribution in [0.2, 0.25) is 0 Å². The molecule has 110 valence electrons. The summed E-state index contributed by atoms with van der Waals surface area (Å²) in [4.78, 5) is 11.1. The highest BCUT2D eigenvalue weighted by Gasteiger charge is 2.30. The molecule has 1 unspecified atom stereocenters. The average Bonchev–Trinajstić information content (AvgIpc) is 2.90. The monoisotopic (exact) mass is 281 g/mol. The Morgan fingerprint density at radius 3 is 2.90 bits per heavy atom. The second kappa shape index (κ2) is 6.00. The van der Waals surface area contributed by atoms with Crippen molar-refractivity contribution in [2.24, 2.45) is 0 Å². The summed E-state index contributed by atoms with van der Waals surface area (Å²) in [7, 11) is 1.65. The van der Waals surface area contributed by atoms with E-state index in [1.807, 2.05) is 6.07 Å². The molecule has 2 N–H and O–H groups in total. The molecule has 6 heteroatoms. The normalized spacial score (nSPS) is 15.7. The maximum absolute atomic E-state index is 11.1. The molecule has 0 bridgehead atoms. The van der Waals surface area contributed by atoms with Gasteiger partial charge in [-0.15, -0.1) is 0 Å². The van der Waals surface area contributed by atoms with Crippen LogP contribution in [0.15, 0.2) is 18.2 Å². The molecule has 2 rings (SSSR count). The summed E-state index contributed by atoms with van der Waals surface area (Å²) < 4.78 is 16.1. The first-order chi connectivity index (χ1) is 9.55. The Bertz CT molecular complexity index is 490. The molecule has 0 fully saturated rings. The Morgan fingerprint density at radius 1 is 1.45 bits per heavy atom. The summed E-state index contributed by atoms with van der Waals surface area (Å²) in [6.45, 7) is 2.35. The van der Waals surface area contributed by atoms with Gasteiger partial charge in [-0.05, 0) is 38.9 Å². The molecule has 0 amide bonds. The molecule has 1 aliphatic heterocycles. The van der Waals surface area contributed by atoms with Crippen LogP contribution in [0.25, 0.3) is 0 Å². The minimum atomic E-state index is -0.918. The number of nitrogens with one attached hydrogen (secondary N) is 1. The van der Waals surface area contributed by atoms with Crippen LogP contribution in [-0.4, -0.2) is 37.1 Å². The molecule has 0 spiro atoms. The summed E-state index contributed by atoms with van der Waals surface area (Å²) >= 11 is 0. The SMILES string of the molecule is CNC(C)(CCCOc1ccc2c(c1)OCO2)C(=O)O. The zero-order valence-electron chi connectivity index (χ0n) is 11.6. The summed E-state index contributed by atoms with van der Waals surface area (Å²) in [6, 6.07) is 5.38. The molecule has 0 saturated heterocycles. The van der Waals surface area contributed by atoms with Gasteiger partial charge in [0.15, 0.2) is 11.5 Å². The maximum atomic E-state index is 11.1. The fourth-order valence-electron chi connectivity index (χ4n) is 1.92. The van der Waals surface area contributed by atoms with Gasteiger partial charge in [0.05, 0.1) is 6.61 Å². The molecule has 0 aromatic heterocycles. The lowest BCUT2D eigenvalue weighted by molar-refractivity contribution is -0.144. The average molecular weight is 281 g/mol. The molecule has 1 aliphatic rings. The van der Waals surface area contributed by atoms with E-state index in [2.05, 4.69) is 5.32 Å². The summed E-state index contributed by atoms with van der Waals surface area (Å²) in [5, 5.41) is 11.9. The second-order valence-corrected chi connectivity index (χ2v) is 4.85. The highest BCUT2D eigenvalue weighted by molar-refractivity contribution is 5.78. The first-order valence-electron chi connectivity index (χ1n) is 6.50. The lowest BCUT2D eigenvalue weighted by Gasteiger charge is -2.23. The summed E-state index contributed by atoms with van der Waals surface area (Å²) in [5.74, 6) is 1.22. The quantitative estimate of drug-likeness (QED) is 0.740. The Hall–Kier alpha value is -1.95. The van der Waals surface area contributed by atoms with Crippen LogP contribution in [0.5, 0.6) is 17.2 Å². The number of hydrogen-bond acceptors (Lipinski definition) is 5. The molecule has 0 aliphatic carbocycles. The Balaban J connectivity index is 1.80. The lowest BCUT2D eigenvalue weighted by Crippen LogP contribution is -2.47. The van der Waals surface area contributed by atoms with Crippen molar-refractivity contribution in [3.05, 3.63) is 18.2 Å². The van der Waals surface area contributed by atoms with Crippen molar-refractivity contribution in [2.45, 2.75) is 25.3 Å². The first kappa shape index (κ1) is 14.5. The molecule has 20 heavy (non-hydrogen) atoms. The molecule has 6 nitrogen and oxygen atoms in total. The molecule has 1 atom stereocenters. The minimum absolute atomic E-state index is 0.234. The van der Waals surface area contributed by atoms with Gasteiger partial charge in [-0.1, -0.05) is 0 Å². The number of hydrogen-bond donors (Lipinski definition) is 2. The van der Waals surface area contributed by atoms with Crippen molar-refractivity contribution >= 4 is 5.97 Å². The topological polar surface area (TPSA) is 77.0 Å². The van der Waals surface area contributed by atoms with Gasteiger partial charge in [0, 0.05) is 6.07 Å². The number of rotatable bonds is 7. The van der Waals surface area contributed by atoms with Crippen molar-refractivity contribution in [3.63, 3.8) is 0 Å². The molecule has 1 heterocycles. The Morgan fingerprint density at radius 2 is 2.20 bits per heavy atom. The van der Waals surface area contributed by atoms with E-state index in [0.29, 0.717) is 36.7 Å². The third-order valence-corrected chi connectivity index (χ3v) is 3.46. The second-order valence-electron chi connectivity index (χ2n) is 4.85. The fraction of sp³-hybridized carbons (Fsp3) is 0.500. The molecular weight excluding hydrogens is 262 g/mol. The van der Waals surface area contributed by atoms with Crippen LogP contribution in [0, 0.1) is 0 Å². The molecule has 1 aromatic rings. The predicted molar refractivity (Wildman–Crippen MR) is 72.4 cm³/mol. The van der Waals surface area contributed by atoms with Gasteiger partial charge in [0.25, 0.3) is 0 Å². The van der Waals surface area contributed by atoms with E-state index in [1.165, 1.54) is 0 Å². The van der Waals surface area contributed by atoms with Gasteiger partial charge in [-0.25, -0.2) is 0 Å². The van der Waals surface area contributed by atoms with Crippen LogP contribution >= 0.6 is 0 Å². The van der Waals surface area contributed by atoms with E-state index in [4.69, 9.17) is 19.3 Å². The van der Waals surface area contributed by atoms with Crippen molar-refractivity contribution in [1.29, 1.82) is 0 Å². The third kappa shape index (κ3) is 3.14. The number of likely N-dealkylation sites (N-methyl/N-ethyl adjacent to an activating group) is 1. The third-order valence-electron chi connectivity index (χ3n) is 3.46. The highest BCUT2D eigenvalue weighted by atomic mass is 16.7. The fourth-order valence-corrected chi connectivity index (χ4v) is 1.92. The maximum Gasteiger partial charge on any atom is 0.323 e. The Labute approximate surface area is 117 Å². The largest absolute Gasteiger partial charge is 0.493 e. The van der Waals surface area contributed by atoms with Gasteiger partial charge in [0.1, 0.15) is 11.3 Å². The van der Waals surface area contributed by atoms with E-state index in [0.717, 1.165) is 0 Å². The van der Waals surface area contributed by atoms with Crippen LogP contribution < -0.4 is 19.5 Å². The van der Waals surface area contributed by atoms with Crippen LogP contribution in [-0.2, 0) is 4.79 Å². The van der Waals surface area contributed by atoms with Crippen molar-refractivity contribution in [2.75, 3.05) is 20.4 Å². The molecular formula is C14H19NO5. The van der Waals surface area contributed by atoms with Gasteiger partial charge in [-0.2, -0.15) is 0 Å². The van der Waals surface area contributed by atoms with E-state index >= 15 is 0 Å². The smallest absolute Gasteiger partial charge is 0.323 e. The van der Waals surface area contributed by atoms with Crippen molar-refractivity contribution < 1.29 is 24.1 Å². The van der Waals surface area contributed by atoms with Gasteiger partial charge < -0.3 is 24.6 Å². The number of aliphatic carboxylic acids is 1.